The first kappa shape index (κ1) is 8.62. The molecule has 0 amide bonds. The number of furan rings is 1. The van der Waals surface area contributed by atoms with Gasteiger partial charge in [-0.1, -0.05) is 0 Å². The summed E-state index contributed by atoms with van der Waals surface area (Å²) in [6.45, 7) is 0. The Balaban J connectivity index is 2.56. The van der Waals surface area contributed by atoms with E-state index in [1.807, 2.05) is 0 Å². The molecule has 14 heavy (non-hydrogen) atoms. The largest absolute Gasteiger partial charge is 0.508 e. The van der Waals surface area contributed by atoms with Crippen molar-refractivity contribution in [1.29, 1.82) is 0 Å². The lowest BCUT2D eigenvalue weighted by Crippen LogP contribution is -1.97. The van der Waals surface area contributed by atoms with Crippen molar-refractivity contribution in [2.24, 2.45) is 0 Å². The lowest BCUT2D eigenvalue weighted by molar-refractivity contribution is 0.0567. The third-order valence-electron chi connectivity index (χ3n) is 1.89. The summed E-state index contributed by atoms with van der Waals surface area (Å²) < 4.78 is 9.69. The van der Waals surface area contributed by atoms with E-state index in [2.05, 4.69) is 4.74 Å². The van der Waals surface area contributed by atoms with E-state index in [4.69, 9.17) is 4.42 Å². The summed E-state index contributed by atoms with van der Waals surface area (Å²) in [6.07, 6.45) is 0. The zero-order chi connectivity index (χ0) is 10.1. The van der Waals surface area contributed by atoms with Gasteiger partial charge in [0.1, 0.15) is 11.3 Å². The van der Waals surface area contributed by atoms with Crippen LogP contribution in [0, 0.1) is 0 Å². The van der Waals surface area contributed by atoms with Gasteiger partial charge in [0, 0.05) is 5.39 Å². The second-order valence-corrected chi connectivity index (χ2v) is 2.82. The van der Waals surface area contributed by atoms with Crippen LogP contribution in [-0.4, -0.2) is 18.2 Å². The van der Waals surface area contributed by atoms with Crippen LogP contribution in [0.4, 0.5) is 0 Å². The van der Waals surface area contributed by atoms with E-state index in [1.165, 1.54) is 25.3 Å². The number of phenols is 1. The first-order valence-corrected chi connectivity index (χ1v) is 4.01. The molecule has 4 heteroatoms. The fourth-order valence-corrected chi connectivity index (χ4v) is 1.23. The van der Waals surface area contributed by atoms with E-state index < -0.39 is 5.97 Å². The average molecular weight is 192 g/mol. The molecule has 2 aromatic rings. The minimum atomic E-state index is -0.527. The maximum absolute atomic E-state index is 11.1. The number of esters is 1. The lowest BCUT2D eigenvalue weighted by Gasteiger charge is -1.90. The fraction of sp³-hybridized carbons (Fsp3) is 0.100. The molecule has 0 aliphatic rings. The molecule has 1 heterocycles. The molecule has 72 valence electrons. The lowest BCUT2D eigenvalue weighted by atomic mass is 10.2. The zero-order valence-electron chi connectivity index (χ0n) is 7.48. The highest BCUT2D eigenvalue weighted by molar-refractivity contribution is 5.92. The van der Waals surface area contributed by atoms with Gasteiger partial charge in [-0.25, -0.2) is 4.79 Å². The minimum Gasteiger partial charge on any atom is -0.508 e. The summed E-state index contributed by atoms with van der Waals surface area (Å²) in [5.74, 6) is -0.261. The molecule has 1 N–H and O–H groups in total. The van der Waals surface area contributed by atoms with Gasteiger partial charge in [0.15, 0.2) is 0 Å². The van der Waals surface area contributed by atoms with Crippen LogP contribution in [0.5, 0.6) is 5.75 Å². The van der Waals surface area contributed by atoms with Crippen LogP contribution in [0.2, 0.25) is 0 Å². The number of benzene rings is 1. The van der Waals surface area contributed by atoms with Gasteiger partial charge in [0.2, 0.25) is 5.76 Å². The highest BCUT2D eigenvalue weighted by Gasteiger charge is 2.11. The number of ether oxygens (including phenoxy) is 1. The van der Waals surface area contributed by atoms with E-state index in [9.17, 15) is 9.90 Å². The van der Waals surface area contributed by atoms with E-state index >= 15 is 0 Å². The minimum absolute atomic E-state index is 0.133. The van der Waals surface area contributed by atoms with Crippen LogP contribution in [0.25, 0.3) is 11.0 Å². The van der Waals surface area contributed by atoms with Gasteiger partial charge in [-0.3, -0.25) is 0 Å². The molecule has 0 bridgehead atoms. The number of carbonyl (C=O) groups excluding carboxylic acids is 1. The van der Waals surface area contributed by atoms with E-state index in [-0.39, 0.29) is 11.5 Å². The number of hydrogen-bond acceptors (Lipinski definition) is 4. The predicted molar refractivity (Wildman–Crippen MR) is 49.2 cm³/mol. The standard InChI is InChI=1S/C10H8O4/c1-13-10(12)9-5-6-4-7(11)2-3-8(6)14-9/h2-5,11H,1H3. The molecular formula is C10H8O4. The molecule has 0 spiro atoms. The van der Waals surface area contributed by atoms with Gasteiger partial charge in [-0.05, 0) is 24.3 Å². The van der Waals surface area contributed by atoms with Gasteiger partial charge >= 0.3 is 5.97 Å². The smallest absolute Gasteiger partial charge is 0.373 e. The Bertz CT molecular complexity index is 484. The number of methoxy groups -OCH3 is 1. The number of fused-ring (bicyclic) bond motifs is 1. The number of rotatable bonds is 1. The number of aromatic hydroxyl groups is 1. The molecule has 1 aromatic carbocycles. The van der Waals surface area contributed by atoms with Crippen molar-refractivity contribution in [3.63, 3.8) is 0 Å². The number of phenolic OH excluding ortho intramolecular Hbond substituents is 1. The quantitative estimate of drug-likeness (QED) is 0.701. The summed E-state index contributed by atoms with van der Waals surface area (Å²) >= 11 is 0. The summed E-state index contributed by atoms with van der Waals surface area (Å²) in [7, 11) is 1.28. The van der Waals surface area contributed by atoms with E-state index in [0.29, 0.717) is 11.0 Å². The normalized spacial score (nSPS) is 10.4. The summed E-state index contributed by atoms with van der Waals surface area (Å²) in [5, 5.41) is 9.85. The van der Waals surface area contributed by atoms with Crippen LogP contribution in [0.3, 0.4) is 0 Å². The van der Waals surface area contributed by atoms with Crippen molar-refractivity contribution in [3.05, 3.63) is 30.0 Å². The van der Waals surface area contributed by atoms with Gasteiger partial charge in [0.25, 0.3) is 0 Å². The highest BCUT2D eigenvalue weighted by atomic mass is 16.5. The van der Waals surface area contributed by atoms with Crippen LogP contribution >= 0.6 is 0 Å². The summed E-state index contributed by atoms with van der Waals surface area (Å²) in [6, 6.07) is 6.14. The Kier molecular flexibility index (Phi) is 1.89. The molecule has 0 aliphatic carbocycles. The molecule has 0 unspecified atom stereocenters. The van der Waals surface area contributed by atoms with Gasteiger partial charge < -0.3 is 14.3 Å². The zero-order valence-corrected chi connectivity index (χ0v) is 7.48. The third-order valence-corrected chi connectivity index (χ3v) is 1.89. The van der Waals surface area contributed by atoms with Crippen molar-refractivity contribution in [2.45, 2.75) is 0 Å². The summed E-state index contributed by atoms with van der Waals surface area (Å²) in [5.41, 5.74) is 0.545. The topological polar surface area (TPSA) is 59.7 Å². The second-order valence-electron chi connectivity index (χ2n) is 2.82. The molecule has 2 rings (SSSR count). The SMILES string of the molecule is COC(=O)c1cc2cc(O)ccc2o1. The molecule has 1 aromatic heterocycles. The molecule has 0 saturated carbocycles. The third kappa shape index (κ3) is 1.31. The molecule has 0 fully saturated rings. The Hall–Kier alpha value is -1.97. The molecule has 0 saturated heterocycles. The molecule has 0 aliphatic heterocycles. The fourth-order valence-electron chi connectivity index (χ4n) is 1.23. The van der Waals surface area contributed by atoms with Crippen molar-refractivity contribution in [3.8, 4) is 5.75 Å². The Morgan fingerprint density at radius 1 is 1.43 bits per heavy atom. The monoisotopic (exact) mass is 192 g/mol. The van der Waals surface area contributed by atoms with Gasteiger partial charge in [0.05, 0.1) is 7.11 Å². The molecule has 4 nitrogen and oxygen atoms in total. The second kappa shape index (κ2) is 3.06. The molecule has 0 radical (unpaired) electrons. The Morgan fingerprint density at radius 3 is 2.93 bits per heavy atom. The summed E-state index contributed by atoms with van der Waals surface area (Å²) in [4.78, 5) is 11.1. The van der Waals surface area contributed by atoms with Crippen molar-refractivity contribution >= 4 is 16.9 Å². The van der Waals surface area contributed by atoms with Crippen molar-refractivity contribution in [2.75, 3.05) is 7.11 Å². The van der Waals surface area contributed by atoms with Crippen LogP contribution < -0.4 is 0 Å². The van der Waals surface area contributed by atoms with Gasteiger partial charge in [-0.2, -0.15) is 0 Å². The maximum Gasteiger partial charge on any atom is 0.373 e. The predicted octanol–water partition coefficient (Wildman–Crippen LogP) is 1.92. The molecule has 0 atom stereocenters. The van der Waals surface area contributed by atoms with Crippen LogP contribution in [-0.2, 0) is 4.74 Å². The first-order valence-electron chi connectivity index (χ1n) is 4.01. The Morgan fingerprint density at radius 2 is 2.21 bits per heavy atom. The average Bonchev–Trinajstić information content (AvgIpc) is 2.59. The van der Waals surface area contributed by atoms with Crippen molar-refractivity contribution < 1.29 is 19.1 Å². The van der Waals surface area contributed by atoms with Crippen LogP contribution in [0.15, 0.2) is 28.7 Å². The molecular weight excluding hydrogens is 184 g/mol. The Labute approximate surface area is 79.7 Å². The van der Waals surface area contributed by atoms with E-state index in [1.54, 1.807) is 6.07 Å². The highest BCUT2D eigenvalue weighted by Crippen LogP contribution is 2.23. The number of carbonyl (C=O) groups is 1. The number of hydrogen-bond donors (Lipinski definition) is 1. The van der Waals surface area contributed by atoms with E-state index in [0.717, 1.165) is 0 Å². The maximum atomic E-state index is 11.1. The van der Waals surface area contributed by atoms with Crippen molar-refractivity contribution in [1.82, 2.24) is 0 Å². The van der Waals surface area contributed by atoms with Crippen LogP contribution in [0.1, 0.15) is 10.6 Å². The van der Waals surface area contributed by atoms with Gasteiger partial charge in [-0.15, -0.1) is 0 Å². The first-order chi connectivity index (χ1) is 6.70.